The molecule has 0 fully saturated rings. The van der Waals surface area contributed by atoms with E-state index in [9.17, 15) is 18.3 Å². The Hall–Kier alpha value is -1.33. The van der Waals surface area contributed by atoms with E-state index in [1.165, 1.54) is 18.2 Å². The molecule has 0 aromatic heterocycles. The van der Waals surface area contributed by atoms with E-state index in [1.54, 1.807) is 25.1 Å². The van der Waals surface area contributed by atoms with Crippen molar-refractivity contribution >= 4 is 15.9 Å². The second kappa shape index (κ2) is 5.58. The number of aliphatic hydroxyl groups excluding tert-OH is 1. The van der Waals surface area contributed by atoms with Crippen molar-refractivity contribution in [3.63, 3.8) is 0 Å². The van der Waals surface area contributed by atoms with Crippen molar-refractivity contribution in [2.45, 2.75) is 19.2 Å². The minimum Gasteiger partial charge on any atom is -0.384 e. The molecule has 20 heavy (non-hydrogen) atoms. The number of aliphatic hydroxyl groups is 1. The third kappa shape index (κ3) is 3.04. The summed E-state index contributed by atoms with van der Waals surface area (Å²) in [5.41, 5.74) is 0.238. The van der Waals surface area contributed by atoms with E-state index in [2.05, 4.69) is 15.9 Å². The summed E-state index contributed by atoms with van der Waals surface area (Å²) in [5, 5.41) is 10.3. The van der Waals surface area contributed by atoms with E-state index in [0.29, 0.717) is 10.0 Å². The lowest BCUT2D eigenvalue weighted by atomic mass is 9.94. The van der Waals surface area contributed by atoms with Crippen molar-refractivity contribution in [3.8, 4) is 0 Å². The second-order valence-electron chi connectivity index (χ2n) is 4.49. The molecule has 0 aliphatic heterocycles. The Balaban J connectivity index is 2.54. The Kier molecular flexibility index (Phi) is 4.20. The lowest BCUT2D eigenvalue weighted by Gasteiger charge is -2.19. The zero-order chi connectivity index (χ0) is 14.9. The summed E-state index contributed by atoms with van der Waals surface area (Å²) in [6.07, 6.45) is -5.80. The highest BCUT2D eigenvalue weighted by Crippen LogP contribution is 2.37. The van der Waals surface area contributed by atoms with Gasteiger partial charge < -0.3 is 5.11 Å². The van der Waals surface area contributed by atoms with Gasteiger partial charge in [-0.1, -0.05) is 40.2 Å². The molecule has 0 saturated carbocycles. The monoisotopic (exact) mass is 344 g/mol. The maximum absolute atomic E-state index is 13.0. The topological polar surface area (TPSA) is 20.2 Å². The second-order valence-corrected chi connectivity index (χ2v) is 5.40. The quantitative estimate of drug-likeness (QED) is 0.824. The maximum atomic E-state index is 13.0. The summed E-state index contributed by atoms with van der Waals surface area (Å²) in [6, 6.07) is 10.2. The molecule has 106 valence electrons. The zero-order valence-corrected chi connectivity index (χ0v) is 12.2. The Morgan fingerprint density at radius 2 is 1.70 bits per heavy atom. The number of hydrogen-bond donors (Lipinski definition) is 1. The van der Waals surface area contributed by atoms with Crippen molar-refractivity contribution in [2.75, 3.05) is 0 Å². The zero-order valence-electron chi connectivity index (χ0n) is 10.6. The van der Waals surface area contributed by atoms with E-state index in [4.69, 9.17) is 0 Å². The van der Waals surface area contributed by atoms with Gasteiger partial charge in [0.1, 0.15) is 6.10 Å². The lowest BCUT2D eigenvalue weighted by molar-refractivity contribution is -0.139. The molecule has 1 unspecified atom stereocenters. The molecule has 0 aliphatic carbocycles. The van der Waals surface area contributed by atoms with E-state index < -0.39 is 17.8 Å². The van der Waals surface area contributed by atoms with Crippen molar-refractivity contribution < 1.29 is 18.3 Å². The average Bonchev–Trinajstić information content (AvgIpc) is 2.40. The lowest BCUT2D eigenvalue weighted by Crippen LogP contribution is -2.13. The first-order chi connectivity index (χ1) is 9.30. The van der Waals surface area contributed by atoms with Crippen LogP contribution < -0.4 is 0 Å². The van der Waals surface area contributed by atoms with Crippen LogP contribution in [-0.4, -0.2) is 5.11 Å². The molecule has 2 aromatic rings. The van der Waals surface area contributed by atoms with Crippen LogP contribution in [0.4, 0.5) is 13.2 Å². The molecular formula is C15H12BrF3O. The SMILES string of the molecule is Cc1ccc(Br)cc1C(O)c1ccccc1C(F)(F)F. The van der Waals surface area contributed by atoms with Crippen LogP contribution in [0.2, 0.25) is 0 Å². The van der Waals surface area contributed by atoms with Crippen LogP contribution in [0.25, 0.3) is 0 Å². The Morgan fingerprint density at radius 3 is 2.35 bits per heavy atom. The molecule has 0 aliphatic rings. The van der Waals surface area contributed by atoms with Gasteiger partial charge in [-0.15, -0.1) is 0 Å². The largest absolute Gasteiger partial charge is 0.416 e. The number of benzene rings is 2. The minimum atomic E-state index is -4.49. The summed E-state index contributed by atoms with van der Waals surface area (Å²) < 4.78 is 39.7. The number of rotatable bonds is 2. The first kappa shape index (κ1) is 15.1. The van der Waals surface area contributed by atoms with Gasteiger partial charge in [0.25, 0.3) is 0 Å². The van der Waals surface area contributed by atoms with E-state index >= 15 is 0 Å². The van der Waals surface area contributed by atoms with Crippen molar-refractivity contribution in [1.29, 1.82) is 0 Å². The van der Waals surface area contributed by atoms with Gasteiger partial charge in [-0.3, -0.25) is 0 Å². The molecule has 5 heteroatoms. The third-order valence-corrected chi connectivity index (χ3v) is 3.59. The van der Waals surface area contributed by atoms with Gasteiger partial charge in [0.15, 0.2) is 0 Å². The van der Waals surface area contributed by atoms with E-state index in [0.717, 1.165) is 11.6 Å². The molecule has 1 atom stereocenters. The summed E-state index contributed by atoms with van der Waals surface area (Å²) in [6.45, 7) is 1.75. The highest BCUT2D eigenvalue weighted by atomic mass is 79.9. The molecule has 0 heterocycles. The van der Waals surface area contributed by atoms with Crippen LogP contribution in [0.5, 0.6) is 0 Å². The fourth-order valence-electron chi connectivity index (χ4n) is 2.07. The summed E-state index contributed by atoms with van der Waals surface area (Å²) in [7, 11) is 0. The van der Waals surface area contributed by atoms with Crippen molar-refractivity contribution in [3.05, 3.63) is 69.2 Å². The molecule has 1 nitrogen and oxygen atoms in total. The predicted octanol–water partition coefficient (Wildman–Crippen LogP) is 4.86. The molecule has 0 spiro atoms. The molecule has 0 saturated heterocycles. The van der Waals surface area contributed by atoms with Gasteiger partial charge in [0.2, 0.25) is 0 Å². The van der Waals surface area contributed by atoms with E-state index in [1.807, 2.05) is 0 Å². The van der Waals surface area contributed by atoms with Crippen LogP contribution in [0.15, 0.2) is 46.9 Å². The number of aryl methyl sites for hydroxylation is 1. The van der Waals surface area contributed by atoms with Crippen molar-refractivity contribution in [1.82, 2.24) is 0 Å². The van der Waals surface area contributed by atoms with Gasteiger partial charge in [0.05, 0.1) is 5.56 Å². The van der Waals surface area contributed by atoms with Crippen molar-refractivity contribution in [2.24, 2.45) is 0 Å². The summed E-state index contributed by atoms with van der Waals surface area (Å²) >= 11 is 3.26. The standard InChI is InChI=1S/C15H12BrF3O/c1-9-6-7-10(16)8-12(9)14(20)11-4-2-3-5-13(11)15(17,18)19/h2-8,14,20H,1H3. The van der Waals surface area contributed by atoms with Gasteiger partial charge >= 0.3 is 6.18 Å². The van der Waals surface area contributed by atoms with Gasteiger partial charge in [-0.25, -0.2) is 0 Å². The first-order valence-corrected chi connectivity index (χ1v) is 6.70. The molecule has 2 rings (SSSR count). The molecule has 1 N–H and O–H groups in total. The molecule has 0 bridgehead atoms. The number of alkyl halides is 3. The molecule has 2 aromatic carbocycles. The molecule has 0 radical (unpaired) electrons. The highest BCUT2D eigenvalue weighted by Gasteiger charge is 2.35. The Bertz CT molecular complexity index is 623. The van der Waals surface area contributed by atoms with Gasteiger partial charge in [0, 0.05) is 4.47 Å². The maximum Gasteiger partial charge on any atom is 0.416 e. The minimum absolute atomic E-state index is 0.138. The normalized spacial score (nSPS) is 13.3. The van der Waals surface area contributed by atoms with Gasteiger partial charge in [-0.05, 0) is 41.8 Å². The Labute approximate surface area is 123 Å². The fraction of sp³-hybridized carbons (Fsp3) is 0.200. The van der Waals surface area contributed by atoms with Crippen LogP contribution in [0.1, 0.15) is 28.4 Å². The summed E-state index contributed by atoms with van der Waals surface area (Å²) in [4.78, 5) is 0. The molecule has 0 amide bonds. The fourth-order valence-corrected chi connectivity index (χ4v) is 2.45. The Morgan fingerprint density at radius 1 is 1.05 bits per heavy atom. The van der Waals surface area contributed by atoms with Crippen LogP contribution in [0, 0.1) is 6.92 Å². The van der Waals surface area contributed by atoms with E-state index in [-0.39, 0.29) is 5.56 Å². The third-order valence-electron chi connectivity index (χ3n) is 3.10. The average molecular weight is 345 g/mol. The van der Waals surface area contributed by atoms with Crippen LogP contribution >= 0.6 is 15.9 Å². The smallest absolute Gasteiger partial charge is 0.384 e. The summed E-state index contributed by atoms with van der Waals surface area (Å²) in [5.74, 6) is 0. The number of hydrogen-bond acceptors (Lipinski definition) is 1. The molecular weight excluding hydrogens is 333 g/mol. The van der Waals surface area contributed by atoms with Crippen LogP contribution in [-0.2, 0) is 6.18 Å². The predicted molar refractivity (Wildman–Crippen MR) is 74.4 cm³/mol. The van der Waals surface area contributed by atoms with Gasteiger partial charge in [-0.2, -0.15) is 13.2 Å². The van der Waals surface area contributed by atoms with Crippen LogP contribution in [0.3, 0.4) is 0 Å². The first-order valence-electron chi connectivity index (χ1n) is 5.91. The number of halogens is 4. The highest BCUT2D eigenvalue weighted by molar-refractivity contribution is 9.10.